The van der Waals surface area contributed by atoms with Crippen LogP contribution >= 0.6 is 11.8 Å². The largest absolute Gasteiger partial charge is 0.461 e. The minimum absolute atomic E-state index is 0.0842. The fourth-order valence-electron chi connectivity index (χ4n) is 3.90. The van der Waals surface area contributed by atoms with E-state index >= 15 is 0 Å². The van der Waals surface area contributed by atoms with Crippen LogP contribution in [-0.2, 0) is 11.2 Å². The second kappa shape index (κ2) is 10.5. The summed E-state index contributed by atoms with van der Waals surface area (Å²) in [4.78, 5) is 28.4. The highest BCUT2D eigenvalue weighted by Gasteiger charge is 2.24. The van der Waals surface area contributed by atoms with Gasteiger partial charge < -0.3 is 9.72 Å². The average Bonchev–Trinajstić information content (AvgIpc) is 3.38. The predicted octanol–water partition coefficient (Wildman–Crippen LogP) is 4.95. The third kappa shape index (κ3) is 4.97. The molecule has 0 aliphatic heterocycles. The zero-order valence-corrected chi connectivity index (χ0v) is 20.2. The summed E-state index contributed by atoms with van der Waals surface area (Å²) in [6, 6.07) is 20.0. The molecule has 0 aliphatic carbocycles. The molecule has 174 valence electrons. The molecule has 2 aromatic heterocycles. The molecule has 0 amide bonds. The number of aromatic amines is 1. The molecule has 0 aliphatic rings. The van der Waals surface area contributed by atoms with Crippen molar-refractivity contribution in [2.24, 2.45) is 0 Å². The highest BCUT2D eigenvalue weighted by atomic mass is 32.2. The van der Waals surface area contributed by atoms with E-state index in [1.807, 2.05) is 53.1 Å². The van der Waals surface area contributed by atoms with Gasteiger partial charge in [-0.3, -0.25) is 9.36 Å². The van der Waals surface area contributed by atoms with Gasteiger partial charge >= 0.3 is 5.97 Å². The molecule has 8 heteroatoms. The minimum Gasteiger partial charge on any atom is -0.461 e. The van der Waals surface area contributed by atoms with Gasteiger partial charge in [0, 0.05) is 23.4 Å². The van der Waals surface area contributed by atoms with Crippen molar-refractivity contribution in [2.75, 3.05) is 12.4 Å². The smallest absolute Gasteiger partial charge is 0.355 e. The molecule has 2 heterocycles. The minimum atomic E-state index is -0.454. The number of Topliss-reactive ketones (excluding diaryl/α,β-unsaturated/α-hetero) is 1. The highest BCUT2D eigenvalue weighted by Crippen LogP contribution is 2.26. The number of H-pyrrole nitrogens is 1. The monoisotopic (exact) mass is 474 g/mol. The molecular formula is C26H26N4O3S. The van der Waals surface area contributed by atoms with E-state index in [4.69, 9.17) is 4.74 Å². The van der Waals surface area contributed by atoms with Crippen molar-refractivity contribution in [1.29, 1.82) is 0 Å². The second-order valence-electron chi connectivity index (χ2n) is 7.79. The van der Waals surface area contributed by atoms with Gasteiger partial charge in [0.15, 0.2) is 10.9 Å². The van der Waals surface area contributed by atoms with Crippen LogP contribution in [0.2, 0.25) is 0 Å². The number of rotatable bonds is 9. The van der Waals surface area contributed by atoms with Gasteiger partial charge in [0.05, 0.1) is 12.4 Å². The molecule has 1 N–H and O–H groups in total. The molecule has 0 bridgehead atoms. The lowest BCUT2D eigenvalue weighted by molar-refractivity contribution is 0.0519. The van der Waals surface area contributed by atoms with E-state index < -0.39 is 5.97 Å². The molecule has 0 radical (unpaired) electrons. The lowest BCUT2D eigenvalue weighted by Gasteiger charge is -2.10. The van der Waals surface area contributed by atoms with Crippen molar-refractivity contribution in [1.82, 2.24) is 19.7 Å². The van der Waals surface area contributed by atoms with Crippen molar-refractivity contribution < 1.29 is 14.3 Å². The van der Waals surface area contributed by atoms with E-state index in [0.717, 1.165) is 17.1 Å². The van der Waals surface area contributed by atoms with Crippen LogP contribution in [0.15, 0.2) is 65.8 Å². The molecule has 0 fully saturated rings. The van der Waals surface area contributed by atoms with E-state index in [0.29, 0.717) is 34.1 Å². The van der Waals surface area contributed by atoms with Gasteiger partial charge in [0.2, 0.25) is 0 Å². The summed E-state index contributed by atoms with van der Waals surface area (Å²) in [5, 5.41) is 9.47. The molecule has 0 unspecified atom stereocenters. The second-order valence-corrected chi connectivity index (χ2v) is 8.73. The Kier molecular flexibility index (Phi) is 7.27. The van der Waals surface area contributed by atoms with Gasteiger partial charge in [0.25, 0.3) is 0 Å². The van der Waals surface area contributed by atoms with Crippen LogP contribution < -0.4 is 0 Å². The van der Waals surface area contributed by atoms with Gasteiger partial charge in [-0.05, 0) is 44.0 Å². The number of ether oxygens (including phenoxy) is 1. The topological polar surface area (TPSA) is 89.9 Å². The van der Waals surface area contributed by atoms with Gasteiger partial charge in [0.1, 0.15) is 11.5 Å². The number of aryl methyl sites for hydroxylation is 1. The maximum atomic E-state index is 13.1. The zero-order chi connectivity index (χ0) is 24.1. The number of esters is 1. The Morgan fingerprint density at radius 2 is 1.68 bits per heavy atom. The van der Waals surface area contributed by atoms with Gasteiger partial charge in [-0.15, -0.1) is 10.2 Å². The van der Waals surface area contributed by atoms with Crippen molar-refractivity contribution in [2.45, 2.75) is 32.3 Å². The number of carbonyl (C=O) groups is 2. The molecule has 0 saturated carbocycles. The molecule has 0 saturated heterocycles. The Morgan fingerprint density at radius 1 is 1.00 bits per heavy atom. The molecule has 0 spiro atoms. The van der Waals surface area contributed by atoms with Crippen LogP contribution in [0.25, 0.3) is 5.69 Å². The number of carbonyl (C=O) groups excluding carboxylic acids is 2. The van der Waals surface area contributed by atoms with Crippen LogP contribution in [0.4, 0.5) is 0 Å². The van der Waals surface area contributed by atoms with Crippen LogP contribution in [0.1, 0.15) is 50.4 Å². The maximum absolute atomic E-state index is 13.1. The van der Waals surface area contributed by atoms with Crippen LogP contribution in [0.5, 0.6) is 0 Å². The summed E-state index contributed by atoms with van der Waals surface area (Å²) in [5.41, 5.74) is 4.17. The van der Waals surface area contributed by atoms with Crippen molar-refractivity contribution in [3.05, 3.63) is 94.6 Å². The first kappa shape index (κ1) is 23.5. The molecule has 4 aromatic rings. The Morgan fingerprint density at radius 3 is 2.35 bits per heavy atom. The Hall–Kier alpha value is -3.65. The number of para-hydroxylation sites is 1. The number of thioether (sulfide) groups is 1. The molecular weight excluding hydrogens is 448 g/mol. The number of aromatic nitrogens is 4. The van der Waals surface area contributed by atoms with Crippen molar-refractivity contribution in [3.63, 3.8) is 0 Å². The lowest BCUT2D eigenvalue weighted by Crippen LogP contribution is -2.09. The first-order valence-corrected chi connectivity index (χ1v) is 12.0. The number of benzene rings is 2. The summed E-state index contributed by atoms with van der Waals surface area (Å²) in [6.45, 7) is 5.58. The summed E-state index contributed by atoms with van der Waals surface area (Å²) in [7, 11) is 0. The van der Waals surface area contributed by atoms with Crippen LogP contribution in [-0.4, -0.2) is 43.9 Å². The third-order valence-electron chi connectivity index (χ3n) is 5.45. The number of ketones is 1. The Labute approximate surface area is 202 Å². The first-order chi connectivity index (χ1) is 16.5. The molecule has 4 rings (SSSR count). The van der Waals surface area contributed by atoms with Crippen LogP contribution in [0, 0.1) is 13.8 Å². The maximum Gasteiger partial charge on any atom is 0.355 e. The predicted molar refractivity (Wildman–Crippen MR) is 132 cm³/mol. The van der Waals surface area contributed by atoms with E-state index in [-0.39, 0.29) is 18.1 Å². The number of hydrogen-bond acceptors (Lipinski definition) is 6. The number of hydrogen-bond donors (Lipinski definition) is 1. The fourth-order valence-corrected chi connectivity index (χ4v) is 4.74. The average molecular weight is 475 g/mol. The van der Waals surface area contributed by atoms with Gasteiger partial charge in [-0.2, -0.15) is 0 Å². The first-order valence-electron chi connectivity index (χ1n) is 11.1. The Bertz CT molecular complexity index is 1300. The number of nitrogens with zero attached hydrogens (tertiary/aromatic N) is 3. The van der Waals surface area contributed by atoms with E-state index in [1.165, 1.54) is 11.8 Å². The SMILES string of the molecule is CCOC(=O)c1[nH]c(C)c(C(=O)CSc2nnc(Cc3ccccc3)n2-c2ccccc2)c1C. The van der Waals surface area contributed by atoms with E-state index in [1.54, 1.807) is 20.8 Å². The third-order valence-corrected chi connectivity index (χ3v) is 6.38. The fraction of sp³-hybridized carbons (Fsp3) is 0.231. The standard InChI is InChI=1S/C26H26N4O3S/c1-4-33-25(32)24-17(2)23(18(3)27-24)21(31)16-34-26-29-28-22(15-19-11-7-5-8-12-19)30(26)20-13-9-6-10-14-20/h5-14,27H,4,15-16H2,1-3H3. The number of nitrogens with one attached hydrogen (secondary N) is 1. The molecule has 0 atom stereocenters. The summed E-state index contributed by atoms with van der Waals surface area (Å²) in [6.07, 6.45) is 0.621. The van der Waals surface area contributed by atoms with Crippen molar-refractivity contribution in [3.8, 4) is 5.69 Å². The van der Waals surface area contributed by atoms with E-state index in [9.17, 15) is 9.59 Å². The van der Waals surface area contributed by atoms with Crippen LogP contribution in [0.3, 0.4) is 0 Å². The quantitative estimate of drug-likeness (QED) is 0.210. The lowest BCUT2D eigenvalue weighted by atomic mass is 10.1. The van der Waals surface area contributed by atoms with Crippen molar-refractivity contribution >= 4 is 23.5 Å². The van der Waals surface area contributed by atoms with Gasteiger partial charge in [-0.1, -0.05) is 60.3 Å². The molecule has 2 aromatic carbocycles. The zero-order valence-electron chi connectivity index (χ0n) is 19.4. The molecule has 7 nitrogen and oxygen atoms in total. The van der Waals surface area contributed by atoms with E-state index in [2.05, 4.69) is 27.3 Å². The molecule has 34 heavy (non-hydrogen) atoms. The normalized spacial score (nSPS) is 10.9. The summed E-state index contributed by atoms with van der Waals surface area (Å²) < 4.78 is 7.09. The summed E-state index contributed by atoms with van der Waals surface area (Å²) in [5.74, 6) is 0.423. The van der Waals surface area contributed by atoms with Gasteiger partial charge in [-0.25, -0.2) is 4.79 Å². The highest BCUT2D eigenvalue weighted by molar-refractivity contribution is 7.99. The Balaban J connectivity index is 1.59. The summed E-state index contributed by atoms with van der Waals surface area (Å²) >= 11 is 1.33.